The molecule has 0 unspecified atom stereocenters. The van der Waals surface area contributed by atoms with Crippen LogP contribution in [-0.2, 0) is 15.0 Å². The Morgan fingerprint density at radius 3 is 2.28 bits per heavy atom. The van der Waals surface area contributed by atoms with Gasteiger partial charge >= 0.3 is 0 Å². The number of amides is 2. The summed E-state index contributed by atoms with van der Waals surface area (Å²) in [5, 5.41) is 7.18. The molecule has 0 radical (unpaired) electrons. The number of nitrogens with zero attached hydrogens (tertiary/aromatic N) is 3. The molecule has 0 aliphatic heterocycles. The van der Waals surface area contributed by atoms with Gasteiger partial charge in [0.1, 0.15) is 5.67 Å². The lowest BCUT2D eigenvalue weighted by atomic mass is 9.41. The lowest BCUT2D eigenvalue weighted by Crippen LogP contribution is -2.65. The fourth-order valence-corrected chi connectivity index (χ4v) is 8.74. The average molecular weight is 583 g/mol. The van der Waals surface area contributed by atoms with Crippen LogP contribution in [0.3, 0.4) is 0 Å². The van der Waals surface area contributed by atoms with Crippen LogP contribution >= 0.6 is 0 Å². The zero-order valence-electron chi connectivity index (χ0n) is 24.8. The van der Waals surface area contributed by atoms with E-state index in [1.165, 1.54) is 6.92 Å². The number of anilines is 2. The van der Waals surface area contributed by atoms with Crippen molar-refractivity contribution in [3.05, 3.63) is 60.2 Å². The van der Waals surface area contributed by atoms with E-state index in [4.69, 9.17) is 9.51 Å². The summed E-state index contributed by atoms with van der Waals surface area (Å²) in [6, 6.07) is 16.0. The number of alkyl halides is 1. The number of hydrogen-bond acceptors (Lipinski definition) is 5. The SMILES string of the molecule is CC(=O)Nc1cccc(-c2cccc(N(CC34CCC(c5nc(C6CC6)no5)(CC3)CC4)C(=O)CC34CC(F)(C3)C4)c2)c1. The van der Waals surface area contributed by atoms with Crippen LogP contribution in [0, 0.1) is 10.8 Å². The smallest absolute Gasteiger partial charge is 0.232 e. The summed E-state index contributed by atoms with van der Waals surface area (Å²) in [6.07, 6.45) is 10.4. The number of hydrogen-bond donors (Lipinski definition) is 1. The second-order valence-electron chi connectivity index (χ2n) is 14.7. The van der Waals surface area contributed by atoms with E-state index in [2.05, 4.69) is 16.5 Å². The first kappa shape index (κ1) is 27.0. The molecule has 1 heterocycles. The van der Waals surface area contributed by atoms with Crippen LogP contribution in [0.2, 0.25) is 0 Å². The monoisotopic (exact) mass is 582 g/mol. The predicted molar refractivity (Wildman–Crippen MR) is 161 cm³/mol. The van der Waals surface area contributed by atoms with Gasteiger partial charge in [-0.3, -0.25) is 9.59 Å². The van der Waals surface area contributed by atoms with E-state index in [0.717, 1.165) is 85.6 Å². The summed E-state index contributed by atoms with van der Waals surface area (Å²) in [5.74, 6) is 2.19. The Balaban J connectivity index is 1.05. The second kappa shape index (κ2) is 9.47. The Bertz CT molecular complexity index is 1570. The van der Waals surface area contributed by atoms with E-state index in [0.29, 0.717) is 38.1 Å². The summed E-state index contributed by atoms with van der Waals surface area (Å²) in [5.41, 5.74) is 2.42. The van der Waals surface area contributed by atoms with Crippen molar-refractivity contribution >= 4 is 23.2 Å². The zero-order chi connectivity index (χ0) is 29.5. The lowest BCUT2D eigenvalue weighted by Gasteiger charge is -2.66. The van der Waals surface area contributed by atoms with Crippen LogP contribution in [0.1, 0.15) is 102 Å². The number of carbonyl (C=O) groups is 2. The van der Waals surface area contributed by atoms with Gasteiger partial charge in [-0.1, -0.05) is 29.4 Å². The number of halogens is 1. The first-order valence-corrected chi connectivity index (χ1v) is 16.0. The van der Waals surface area contributed by atoms with E-state index in [9.17, 15) is 14.0 Å². The summed E-state index contributed by atoms with van der Waals surface area (Å²) in [6.45, 7) is 2.17. The molecule has 10 rings (SSSR count). The lowest BCUT2D eigenvalue weighted by molar-refractivity contribution is -0.215. The topological polar surface area (TPSA) is 88.3 Å². The number of benzene rings is 2. The maximum atomic E-state index is 14.4. The van der Waals surface area contributed by atoms with E-state index in [-0.39, 0.29) is 28.1 Å². The van der Waals surface area contributed by atoms with Crippen molar-refractivity contribution in [2.24, 2.45) is 10.8 Å². The van der Waals surface area contributed by atoms with Crippen molar-refractivity contribution in [3.63, 3.8) is 0 Å². The number of fused-ring (bicyclic) bond motifs is 3. The van der Waals surface area contributed by atoms with Gasteiger partial charge in [0.25, 0.3) is 0 Å². The number of nitrogens with one attached hydrogen (secondary N) is 1. The molecular formula is C35H39FN4O3. The first-order chi connectivity index (χ1) is 20.7. The summed E-state index contributed by atoms with van der Waals surface area (Å²) in [7, 11) is 0. The quantitative estimate of drug-likeness (QED) is 0.283. The molecule has 0 spiro atoms. The van der Waals surface area contributed by atoms with Gasteiger partial charge in [0.2, 0.25) is 17.7 Å². The summed E-state index contributed by atoms with van der Waals surface area (Å²) >= 11 is 0. The largest absolute Gasteiger partial charge is 0.339 e. The van der Waals surface area contributed by atoms with Crippen molar-refractivity contribution in [1.82, 2.24) is 10.1 Å². The molecule has 3 aromatic rings. The third-order valence-corrected chi connectivity index (χ3v) is 11.3. The highest BCUT2D eigenvalue weighted by molar-refractivity contribution is 5.95. The molecule has 224 valence electrons. The Labute approximate surface area is 251 Å². The normalized spacial score (nSPS) is 32.0. The van der Waals surface area contributed by atoms with Gasteiger partial charge in [-0.25, -0.2) is 4.39 Å². The molecule has 7 nitrogen and oxygen atoms in total. The van der Waals surface area contributed by atoms with Crippen molar-refractivity contribution in [2.45, 2.75) is 101 Å². The molecule has 2 amide bonds. The molecule has 0 saturated heterocycles. The Hall–Kier alpha value is -3.55. The van der Waals surface area contributed by atoms with Gasteiger partial charge in [0.05, 0.1) is 0 Å². The zero-order valence-corrected chi connectivity index (χ0v) is 24.8. The second-order valence-corrected chi connectivity index (χ2v) is 14.7. The van der Waals surface area contributed by atoms with Crippen LogP contribution in [-0.4, -0.2) is 34.2 Å². The van der Waals surface area contributed by atoms with E-state index in [1.54, 1.807) is 0 Å². The minimum atomic E-state index is -1.02. The van der Waals surface area contributed by atoms with Gasteiger partial charge in [-0.15, -0.1) is 0 Å². The molecule has 4 bridgehead atoms. The fourth-order valence-electron chi connectivity index (χ4n) is 8.74. The molecule has 7 saturated carbocycles. The van der Waals surface area contributed by atoms with Crippen LogP contribution in [0.4, 0.5) is 15.8 Å². The van der Waals surface area contributed by atoms with E-state index >= 15 is 0 Å². The molecule has 8 heteroatoms. The van der Waals surface area contributed by atoms with Crippen molar-refractivity contribution in [2.75, 3.05) is 16.8 Å². The maximum Gasteiger partial charge on any atom is 0.232 e. The van der Waals surface area contributed by atoms with Crippen LogP contribution in [0.25, 0.3) is 11.1 Å². The van der Waals surface area contributed by atoms with Crippen molar-refractivity contribution < 1.29 is 18.5 Å². The summed E-state index contributed by atoms with van der Waals surface area (Å²) in [4.78, 5) is 32.6. The molecule has 43 heavy (non-hydrogen) atoms. The third-order valence-electron chi connectivity index (χ3n) is 11.3. The molecule has 1 aromatic heterocycles. The van der Waals surface area contributed by atoms with Gasteiger partial charge in [-0.05, 0) is 117 Å². The molecule has 7 aliphatic rings. The first-order valence-electron chi connectivity index (χ1n) is 16.0. The number of aromatic nitrogens is 2. The van der Waals surface area contributed by atoms with E-state index < -0.39 is 5.67 Å². The fraction of sp³-hybridized carbons (Fsp3) is 0.543. The molecular weight excluding hydrogens is 543 g/mol. The van der Waals surface area contributed by atoms with Gasteiger partial charge in [0.15, 0.2) is 5.82 Å². The van der Waals surface area contributed by atoms with Crippen LogP contribution < -0.4 is 10.2 Å². The highest BCUT2D eigenvalue weighted by atomic mass is 19.1. The maximum absolute atomic E-state index is 14.4. The van der Waals surface area contributed by atoms with Crippen LogP contribution in [0.15, 0.2) is 53.1 Å². The molecule has 1 N–H and O–H groups in total. The van der Waals surface area contributed by atoms with Gasteiger partial charge < -0.3 is 14.7 Å². The molecule has 7 aliphatic carbocycles. The number of rotatable bonds is 9. The minimum absolute atomic E-state index is 0.0309. The standard InChI is InChI=1S/C35H39FN4O3/c1-23(41)37-27-6-2-4-25(16-27)26-5-3-7-28(17-26)40(29(42)18-33-19-35(36,20-33)21-33)22-32-10-13-34(14-11-32,15-12-32)31-38-30(39-43-31)24-8-9-24/h2-7,16-17,24H,8-15,18-22H2,1H3,(H,37,41). The Kier molecular flexibility index (Phi) is 5.95. The van der Waals surface area contributed by atoms with Gasteiger partial charge in [-0.2, -0.15) is 4.98 Å². The predicted octanol–water partition coefficient (Wildman–Crippen LogP) is 7.48. The van der Waals surface area contributed by atoms with Crippen molar-refractivity contribution in [3.8, 4) is 11.1 Å². The molecule has 7 fully saturated rings. The summed E-state index contributed by atoms with van der Waals surface area (Å²) < 4.78 is 20.2. The van der Waals surface area contributed by atoms with Crippen LogP contribution in [0.5, 0.6) is 0 Å². The molecule has 2 aromatic carbocycles. The van der Waals surface area contributed by atoms with Gasteiger partial charge in [0, 0.05) is 42.6 Å². The Morgan fingerprint density at radius 2 is 1.63 bits per heavy atom. The highest BCUT2D eigenvalue weighted by Gasteiger charge is 2.69. The highest BCUT2D eigenvalue weighted by Crippen LogP contribution is 2.71. The number of carbonyl (C=O) groups excluding carboxylic acids is 2. The van der Waals surface area contributed by atoms with Crippen molar-refractivity contribution in [1.29, 1.82) is 0 Å². The molecule has 0 atom stereocenters. The Morgan fingerprint density at radius 1 is 0.953 bits per heavy atom. The minimum Gasteiger partial charge on any atom is -0.339 e. The average Bonchev–Trinajstić information content (AvgIpc) is 3.71. The van der Waals surface area contributed by atoms with E-state index in [1.807, 2.05) is 47.4 Å². The third kappa shape index (κ3) is 4.77.